The first kappa shape index (κ1) is 10.5. The topological polar surface area (TPSA) is 43.4 Å². The Morgan fingerprint density at radius 1 is 1.46 bits per heavy atom. The van der Waals surface area contributed by atoms with Crippen LogP contribution in [0, 0.1) is 0 Å². The fourth-order valence-corrected chi connectivity index (χ4v) is 2.01. The molecular weight excluding hydrogens is 263 g/mol. The number of ether oxygens (including phenoxy) is 1. The van der Waals surface area contributed by atoms with Crippen molar-refractivity contribution in [1.82, 2.24) is 0 Å². The molecule has 0 fully saturated rings. The van der Waals surface area contributed by atoms with Gasteiger partial charge in [-0.1, -0.05) is 15.9 Å². The van der Waals surface area contributed by atoms with Crippen LogP contribution >= 0.6 is 15.9 Å². The van der Waals surface area contributed by atoms with Crippen LogP contribution in [-0.2, 0) is 10.2 Å². The van der Waals surface area contributed by atoms with Crippen LogP contribution in [0.2, 0.25) is 0 Å². The van der Waals surface area contributed by atoms with Crippen molar-refractivity contribution >= 4 is 26.2 Å². The molecule has 1 aromatic carbocycles. The molecule has 13 heavy (non-hydrogen) atoms. The molecule has 0 amide bonds. The van der Waals surface area contributed by atoms with E-state index in [-0.39, 0.29) is 5.75 Å². The monoisotopic (exact) mass is 268 g/mol. The number of methoxy groups -OCH3 is 1. The maximum atomic E-state index is 12.6. The highest BCUT2D eigenvalue weighted by atomic mass is 79.9. The largest absolute Gasteiger partial charge is 0.495 e. The van der Waals surface area contributed by atoms with E-state index in [0.717, 1.165) is 6.07 Å². The van der Waals surface area contributed by atoms with E-state index in [1.165, 1.54) is 13.2 Å². The smallest absolute Gasteiger partial charge is 0.335 e. The molecule has 1 rings (SSSR count). The Morgan fingerprint density at radius 3 is 2.54 bits per heavy atom. The first-order valence-corrected chi connectivity index (χ1v) is 5.41. The lowest BCUT2D eigenvalue weighted by atomic mass is 10.3. The van der Waals surface area contributed by atoms with Crippen molar-refractivity contribution in [3.8, 4) is 5.75 Å². The molecule has 6 heteroatoms. The average Bonchev–Trinajstić information content (AvgIpc) is 2.03. The summed E-state index contributed by atoms with van der Waals surface area (Å²) < 4.78 is 39.0. The van der Waals surface area contributed by atoms with E-state index >= 15 is 0 Å². The van der Waals surface area contributed by atoms with Gasteiger partial charge in [0.15, 0.2) is 0 Å². The lowest BCUT2D eigenvalue weighted by Gasteiger charge is -2.04. The van der Waals surface area contributed by atoms with Gasteiger partial charge in [0.1, 0.15) is 10.6 Å². The minimum atomic E-state index is -4.72. The number of hydrogen-bond acceptors (Lipinski definition) is 3. The zero-order valence-electron chi connectivity index (χ0n) is 6.62. The molecule has 0 aliphatic heterocycles. The van der Waals surface area contributed by atoms with E-state index in [9.17, 15) is 12.3 Å². The molecule has 0 aromatic heterocycles. The van der Waals surface area contributed by atoms with Crippen LogP contribution in [0.25, 0.3) is 0 Å². The Kier molecular flexibility index (Phi) is 2.92. The summed E-state index contributed by atoms with van der Waals surface area (Å²) in [6.07, 6.45) is 0. The van der Waals surface area contributed by atoms with E-state index in [1.54, 1.807) is 6.07 Å². The molecule has 0 unspecified atom stereocenters. The van der Waals surface area contributed by atoms with Crippen molar-refractivity contribution < 1.29 is 17.0 Å². The van der Waals surface area contributed by atoms with Gasteiger partial charge in [-0.15, -0.1) is 3.89 Å². The van der Waals surface area contributed by atoms with Gasteiger partial charge in [-0.05, 0) is 18.2 Å². The molecule has 0 saturated heterocycles. The summed E-state index contributed by atoms with van der Waals surface area (Å²) >= 11 is 3.03. The quantitative estimate of drug-likeness (QED) is 0.772. The second-order valence-corrected chi connectivity index (χ2v) is 4.46. The Balaban J connectivity index is 3.41. The van der Waals surface area contributed by atoms with Gasteiger partial charge in [0.2, 0.25) is 0 Å². The summed E-state index contributed by atoms with van der Waals surface area (Å²) in [7, 11) is -3.45. The highest BCUT2D eigenvalue weighted by Gasteiger charge is 2.18. The lowest BCUT2D eigenvalue weighted by molar-refractivity contribution is 0.401. The van der Waals surface area contributed by atoms with Gasteiger partial charge in [-0.25, -0.2) is 0 Å². The molecule has 0 aliphatic carbocycles. The molecule has 3 nitrogen and oxygen atoms in total. The highest BCUT2D eigenvalue weighted by Crippen LogP contribution is 2.28. The predicted octanol–water partition coefficient (Wildman–Crippen LogP) is 2.12. The Morgan fingerprint density at radius 2 is 2.08 bits per heavy atom. The van der Waals surface area contributed by atoms with Crippen LogP contribution in [0.5, 0.6) is 5.75 Å². The van der Waals surface area contributed by atoms with E-state index in [0.29, 0.717) is 4.47 Å². The van der Waals surface area contributed by atoms with Gasteiger partial charge < -0.3 is 4.74 Å². The third kappa shape index (κ3) is 2.41. The molecule has 0 atom stereocenters. The van der Waals surface area contributed by atoms with Crippen molar-refractivity contribution in [2.75, 3.05) is 7.11 Å². The molecule has 0 bridgehead atoms. The molecule has 0 N–H and O–H groups in total. The Bertz CT molecular complexity index is 416. The predicted molar refractivity (Wildman–Crippen MR) is 49.0 cm³/mol. The summed E-state index contributed by atoms with van der Waals surface area (Å²) in [5.74, 6) is -0.00861. The van der Waals surface area contributed by atoms with Crippen LogP contribution in [0.1, 0.15) is 0 Å². The van der Waals surface area contributed by atoms with Crippen LogP contribution in [-0.4, -0.2) is 15.5 Å². The minimum Gasteiger partial charge on any atom is -0.495 e. The maximum Gasteiger partial charge on any atom is 0.335 e. The van der Waals surface area contributed by atoms with Crippen molar-refractivity contribution in [1.29, 1.82) is 0 Å². The zero-order chi connectivity index (χ0) is 10.1. The highest BCUT2D eigenvalue weighted by molar-refractivity contribution is 9.10. The van der Waals surface area contributed by atoms with Gasteiger partial charge in [-0.3, -0.25) is 0 Å². The molecule has 0 aliphatic rings. The second-order valence-electron chi connectivity index (χ2n) is 2.23. The van der Waals surface area contributed by atoms with Crippen molar-refractivity contribution in [3.63, 3.8) is 0 Å². The van der Waals surface area contributed by atoms with Crippen LogP contribution in [0.15, 0.2) is 27.6 Å². The fourth-order valence-electron chi connectivity index (χ4n) is 0.841. The van der Waals surface area contributed by atoms with Gasteiger partial charge in [-0.2, -0.15) is 8.42 Å². The SMILES string of the molecule is COc1ccc(Br)cc1S(=O)(=O)F. The van der Waals surface area contributed by atoms with Crippen LogP contribution in [0.3, 0.4) is 0 Å². The van der Waals surface area contributed by atoms with Crippen molar-refractivity contribution in [2.45, 2.75) is 4.90 Å². The lowest BCUT2D eigenvalue weighted by Crippen LogP contribution is -1.96. The Labute approximate surface area is 83.9 Å². The molecule has 0 radical (unpaired) electrons. The molecule has 72 valence electrons. The van der Waals surface area contributed by atoms with Gasteiger partial charge >= 0.3 is 10.2 Å². The maximum absolute atomic E-state index is 12.6. The van der Waals surface area contributed by atoms with E-state index in [4.69, 9.17) is 0 Å². The number of halogens is 2. The number of rotatable bonds is 2. The normalized spacial score (nSPS) is 11.3. The summed E-state index contributed by atoms with van der Waals surface area (Å²) in [4.78, 5) is -0.468. The summed E-state index contributed by atoms with van der Waals surface area (Å²) in [5, 5.41) is 0. The number of hydrogen-bond donors (Lipinski definition) is 0. The van der Waals surface area contributed by atoms with Gasteiger partial charge in [0.05, 0.1) is 7.11 Å². The third-order valence-electron chi connectivity index (χ3n) is 1.39. The number of benzene rings is 1. The molecular formula is C7H6BrFO3S. The minimum absolute atomic E-state index is 0.00861. The summed E-state index contributed by atoms with van der Waals surface area (Å²) in [6, 6.07) is 4.08. The van der Waals surface area contributed by atoms with E-state index in [1.807, 2.05) is 0 Å². The van der Waals surface area contributed by atoms with Crippen molar-refractivity contribution in [3.05, 3.63) is 22.7 Å². The van der Waals surface area contributed by atoms with Crippen molar-refractivity contribution in [2.24, 2.45) is 0 Å². The van der Waals surface area contributed by atoms with Crippen LogP contribution < -0.4 is 4.74 Å². The summed E-state index contributed by atoms with van der Waals surface area (Å²) in [6.45, 7) is 0. The first-order valence-electron chi connectivity index (χ1n) is 3.23. The molecule has 0 spiro atoms. The molecule has 0 saturated carbocycles. The van der Waals surface area contributed by atoms with Gasteiger partial charge in [0.25, 0.3) is 0 Å². The third-order valence-corrected chi connectivity index (χ3v) is 2.73. The van der Waals surface area contributed by atoms with E-state index in [2.05, 4.69) is 20.7 Å². The first-order chi connectivity index (χ1) is 5.95. The second kappa shape index (κ2) is 3.63. The molecule has 1 aromatic rings. The standard InChI is InChI=1S/C7H6BrFO3S/c1-12-6-3-2-5(8)4-7(6)13(9,10)11/h2-4H,1H3. The average molecular weight is 269 g/mol. The Hall–Kier alpha value is -0.620. The zero-order valence-corrected chi connectivity index (χ0v) is 9.02. The van der Waals surface area contributed by atoms with E-state index < -0.39 is 15.1 Å². The summed E-state index contributed by atoms with van der Waals surface area (Å²) in [5.41, 5.74) is 0. The fraction of sp³-hybridized carbons (Fsp3) is 0.143. The van der Waals surface area contributed by atoms with Crippen LogP contribution in [0.4, 0.5) is 3.89 Å². The van der Waals surface area contributed by atoms with Gasteiger partial charge in [0, 0.05) is 4.47 Å². The molecule has 0 heterocycles.